The maximum absolute atomic E-state index is 5.36. The average molecular weight is 751 g/mol. The van der Waals surface area contributed by atoms with Crippen molar-refractivity contribution in [2.24, 2.45) is 0 Å². The highest BCUT2D eigenvalue weighted by Gasteiger charge is 2.21. The lowest BCUT2D eigenvalue weighted by Gasteiger charge is -2.16. The molecule has 0 N–H and O–H groups in total. The maximum atomic E-state index is 5.36. The van der Waals surface area contributed by atoms with Gasteiger partial charge in [-0.25, -0.2) is 19.9 Å². The van der Waals surface area contributed by atoms with E-state index in [9.17, 15) is 0 Å². The molecule has 4 heterocycles. The van der Waals surface area contributed by atoms with E-state index in [2.05, 4.69) is 158 Å². The van der Waals surface area contributed by atoms with Crippen LogP contribution < -0.4 is 0 Å². The molecule has 0 saturated heterocycles. The van der Waals surface area contributed by atoms with E-state index in [1.807, 2.05) is 24.3 Å². The fraction of sp³-hybridized carbons (Fsp3) is 0. The Balaban J connectivity index is 1.09. The summed E-state index contributed by atoms with van der Waals surface area (Å²) in [5.74, 6) is 1.43. The molecule has 4 nitrogen and oxygen atoms in total. The van der Waals surface area contributed by atoms with Gasteiger partial charge in [-0.05, 0) is 40.5 Å². The average Bonchev–Trinajstić information content (AvgIpc) is 3.85. The van der Waals surface area contributed by atoms with Gasteiger partial charge in [0.15, 0.2) is 11.6 Å². The van der Waals surface area contributed by atoms with Crippen LogP contribution in [0.5, 0.6) is 0 Å². The Morgan fingerprint density at radius 1 is 0.304 bits per heavy atom. The smallest absolute Gasteiger partial charge is 0.161 e. The van der Waals surface area contributed by atoms with Crippen LogP contribution in [0.3, 0.4) is 0 Å². The summed E-state index contributed by atoms with van der Waals surface area (Å²) in [5.41, 5.74) is 10.4. The Morgan fingerprint density at radius 3 is 1.41 bits per heavy atom. The number of hydrogen-bond donors (Lipinski definition) is 0. The predicted octanol–water partition coefficient (Wildman–Crippen LogP) is 14.0. The van der Waals surface area contributed by atoms with Crippen molar-refractivity contribution in [3.8, 4) is 67.5 Å². The summed E-state index contributed by atoms with van der Waals surface area (Å²) in [4.78, 5) is 23.0. The number of hydrogen-bond acceptors (Lipinski definition) is 6. The quantitative estimate of drug-likeness (QED) is 0.170. The minimum Gasteiger partial charge on any atom is -0.227 e. The summed E-state index contributed by atoms with van der Waals surface area (Å²) < 4.78 is 2.41. The number of fused-ring (bicyclic) bond motifs is 6. The van der Waals surface area contributed by atoms with Crippen molar-refractivity contribution in [2.45, 2.75) is 0 Å². The number of aromatic nitrogens is 4. The molecule has 0 radical (unpaired) electrons. The third-order valence-corrected chi connectivity index (χ3v) is 12.5. The molecular weight excluding hydrogens is 721 g/mol. The molecule has 7 aromatic carbocycles. The predicted molar refractivity (Wildman–Crippen MR) is 236 cm³/mol. The molecule has 0 atom stereocenters. The lowest BCUT2D eigenvalue weighted by atomic mass is 9.89. The summed E-state index contributed by atoms with van der Waals surface area (Å²) in [5, 5.41) is 4.54. The zero-order valence-electron chi connectivity index (χ0n) is 29.9. The molecule has 0 aliphatic carbocycles. The summed E-state index contributed by atoms with van der Waals surface area (Å²) in [7, 11) is 0. The molecule has 6 heteroatoms. The first kappa shape index (κ1) is 32.6. The molecule has 0 aliphatic heterocycles. The molecule has 0 spiro atoms. The molecule has 4 aromatic heterocycles. The number of nitrogens with zero attached hydrogens (tertiary/aromatic N) is 4. The Kier molecular flexibility index (Phi) is 7.83. The van der Waals surface area contributed by atoms with Crippen LogP contribution >= 0.6 is 22.7 Å². The molecule has 0 bridgehead atoms. The Bertz CT molecular complexity index is 3260. The van der Waals surface area contributed by atoms with Gasteiger partial charge < -0.3 is 0 Å². The molecular formula is C50H30N4S2. The van der Waals surface area contributed by atoms with Crippen LogP contribution in [-0.2, 0) is 0 Å². The van der Waals surface area contributed by atoms with Crippen molar-refractivity contribution in [1.82, 2.24) is 19.9 Å². The van der Waals surface area contributed by atoms with E-state index in [1.165, 1.54) is 20.2 Å². The van der Waals surface area contributed by atoms with Crippen LogP contribution in [0.25, 0.3) is 108 Å². The molecule has 0 unspecified atom stereocenters. The minimum atomic E-state index is 0.712. The molecule has 0 fully saturated rings. The molecule has 11 rings (SSSR count). The van der Waals surface area contributed by atoms with Crippen molar-refractivity contribution >= 4 is 63.3 Å². The Labute approximate surface area is 331 Å². The zero-order valence-corrected chi connectivity index (χ0v) is 31.6. The molecule has 0 aliphatic rings. The first-order valence-electron chi connectivity index (χ1n) is 18.6. The van der Waals surface area contributed by atoms with Gasteiger partial charge in [0.25, 0.3) is 0 Å². The van der Waals surface area contributed by atoms with Crippen molar-refractivity contribution < 1.29 is 0 Å². The second-order valence-corrected chi connectivity index (χ2v) is 15.8. The van der Waals surface area contributed by atoms with Crippen LogP contribution in [0.2, 0.25) is 0 Å². The van der Waals surface area contributed by atoms with Crippen LogP contribution in [0.15, 0.2) is 182 Å². The minimum absolute atomic E-state index is 0.712. The van der Waals surface area contributed by atoms with E-state index in [0.717, 1.165) is 82.2 Å². The van der Waals surface area contributed by atoms with Gasteiger partial charge in [0.05, 0.1) is 11.4 Å². The lowest BCUT2D eigenvalue weighted by molar-refractivity contribution is 1.24. The standard InChI is InChI=1S/C50H30N4S2/c1-3-16-31(17-4-1)45-43-39-26-11-13-28-41(39)55-49(43)54-48(51-45)34-21-15-20-33(30-34)35-22-7-8-23-36(35)37-24-9-10-25-38(37)46-44-40-27-12-14-29-42(40)56-50(44)53-47(52-46)32-18-5-2-6-19-32/h1-30H. The normalized spacial score (nSPS) is 11.6. The second-order valence-electron chi connectivity index (χ2n) is 13.8. The van der Waals surface area contributed by atoms with Gasteiger partial charge in [-0.3, -0.25) is 0 Å². The van der Waals surface area contributed by atoms with E-state index < -0.39 is 0 Å². The highest BCUT2D eigenvalue weighted by molar-refractivity contribution is 7.26. The first-order valence-corrected chi connectivity index (χ1v) is 20.2. The van der Waals surface area contributed by atoms with Crippen molar-refractivity contribution in [1.29, 1.82) is 0 Å². The molecule has 11 aromatic rings. The summed E-state index contributed by atoms with van der Waals surface area (Å²) >= 11 is 3.44. The fourth-order valence-corrected chi connectivity index (χ4v) is 9.96. The van der Waals surface area contributed by atoms with E-state index >= 15 is 0 Å². The summed E-state index contributed by atoms with van der Waals surface area (Å²) in [6.45, 7) is 0. The highest BCUT2D eigenvalue weighted by atomic mass is 32.1. The number of thiophene rings is 2. The third-order valence-electron chi connectivity index (χ3n) is 10.4. The van der Waals surface area contributed by atoms with E-state index in [0.29, 0.717) is 5.82 Å². The van der Waals surface area contributed by atoms with Crippen LogP contribution in [0.1, 0.15) is 0 Å². The van der Waals surface area contributed by atoms with Crippen molar-refractivity contribution in [3.63, 3.8) is 0 Å². The van der Waals surface area contributed by atoms with Gasteiger partial charge >= 0.3 is 0 Å². The Morgan fingerprint density at radius 2 is 0.750 bits per heavy atom. The summed E-state index contributed by atoms with van der Waals surface area (Å²) in [6, 6.07) is 63.8. The zero-order chi connectivity index (χ0) is 37.0. The van der Waals surface area contributed by atoms with Crippen LogP contribution in [0.4, 0.5) is 0 Å². The van der Waals surface area contributed by atoms with Crippen molar-refractivity contribution in [2.75, 3.05) is 0 Å². The second kappa shape index (κ2) is 13.5. The Hall–Kier alpha value is -6.86. The fourth-order valence-electron chi connectivity index (χ4n) is 7.81. The monoisotopic (exact) mass is 750 g/mol. The van der Waals surface area contributed by atoms with Gasteiger partial charge in [0.1, 0.15) is 9.66 Å². The summed E-state index contributed by atoms with van der Waals surface area (Å²) in [6.07, 6.45) is 0. The van der Waals surface area contributed by atoms with E-state index in [4.69, 9.17) is 19.9 Å². The van der Waals surface area contributed by atoms with Crippen molar-refractivity contribution in [3.05, 3.63) is 182 Å². The lowest BCUT2D eigenvalue weighted by Crippen LogP contribution is -1.96. The SMILES string of the molecule is c1ccc(-c2nc(-c3ccccc3-c3ccccc3-c3cccc(-c4nc(-c5ccccc5)c5c(n4)sc4ccccc45)c3)c3c(n2)sc2ccccc23)cc1. The third kappa shape index (κ3) is 5.50. The van der Waals surface area contributed by atoms with Gasteiger partial charge in [-0.1, -0.05) is 164 Å². The number of benzene rings is 7. The van der Waals surface area contributed by atoms with Crippen LogP contribution in [-0.4, -0.2) is 19.9 Å². The van der Waals surface area contributed by atoms with E-state index in [-0.39, 0.29) is 0 Å². The molecule has 0 amide bonds. The molecule has 56 heavy (non-hydrogen) atoms. The largest absolute Gasteiger partial charge is 0.227 e. The van der Waals surface area contributed by atoms with Gasteiger partial charge in [-0.2, -0.15) is 0 Å². The van der Waals surface area contributed by atoms with Gasteiger partial charge in [0.2, 0.25) is 0 Å². The molecule has 262 valence electrons. The van der Waals surface area contributed by atoms with Gasteiger partial charge in [0, 0.05) is 53.2 Å². The highest BCUT2D eigenvalue weighted by Crippen LogP contribution is 2.45. The first-order chi connectivity index (χ1) is 27.8. The van der Waals surface area contributed by atoms with E-state index in [1.54, 1.807) is 22.7 Å². The van der Waals surface area contributed by atoms with Crippen LogP contribution in [0, 0.1) is 0 Å². The topological polar surface area (TPSA) is 51.6 Å². The van der Waals surface area contributed by atoms with Gasteiger partial charge in [-0.15, -0.1) is 22.7 Å². The number of rotatable bonds is 6. The maximum Gasteiger partial charge on any atom is 0.161 e. The molecule has 0 saturated carbocycles.